The summed E-state index contributed by atoms with van der Waals surface area (Å²) in [6, 6.07) is 5.25. The highest BCUT2D eigenvalue weighted by Crippen LogP contribution is 2.28. The van der Waals surface area contributed by atoms with Gasteiger partial charge in [-0.05, 0) is 30.5 Å². The molecule has 4 heteroatoms. The van der Waals surface area contributed by atoms with Gasteiger partial charge in [-0.2, -0.15) is 0 Å². The van der Waals surface area contributed by atoms with Crippen LogP contribution in [0.4, 0.5) is 5.69 Å². The maximum atomic E-state index is 10.7. The van der Waals surface area contributed by atoms with Crippen LogP contribution in [0.5, 0.6) is 0 Å². The van der Waals surface area contributed by atoms with Crippen LogP contribution in [-0.4, -0.2) is 30.0 Å². The van der Waals surface area contributed by atoms with Crippen molar-refractivity contribution in [3.63, 3.8) is 0 Å². The third-order valence-corrected chi connectivity index (χ3v) is 3.22. The zero-order valence-electron chi connectivity index (χ0n) is 9.64. The zero-order valence-corrected chi connectivity index (χ0v) is 9.64. The summed E-state index contributed by atoms with van der Waals surface area (Å²) in [7, 11) is 2.09. The highest BCUT2D eigenvalue weighted by atomic mass is 16.6. The van der Waals surface area contributed by atoms with Crippen molar-refractivity contribution in [2.45, 2.75) is 19.3 Å². The van der Waals surface area contributed by atoms with Crippen molar-refractivity contribution < 1.29 is 4.92 Å². The van der Waals surface area contributed by atoms with E-state index in [2.05, 4.69) is 18.9 Å². The van der Waals surface area contributed by atoms with E-state index in [1.165, 1.54) is 5.56 Å². The van der Waals surface area contributed by atoms with Gasteiger partial charge in [0.15, 0.2) is 0 Å². The van der Waals surface area contributed by atoms with E-state index in [0.717, 1.165) is 25.1 Å². The van der Waals surface area contributed by atoms with E-state index in [4.69, 9.17) is 0 Å². The fourth-order valence-corrected chi connectivity index (χ4v) is 2.35. The molecule has 0 aliphatic carbocycles. The first kappa shape index (κ1) is 11.1. The monoisotopic (exact) mass is 220 g/mol. The highest BCUT2D eigenvalue weighted by molar-refractivity contribution is 5.42. The standard InChI is InChI=1S/C12H16N2O2/c1-9-8-13(2)6-5-10-3-4-11(14(15)16)7-12(9)10/h3-4,7,9H,5-6,8H2,1-2H3/t9-/m1/s1. The minimum absolute atomic E-state index is 0.204. The Bertz CT molecular complexity index is 417. The van der Waals surface area contributed by atoms with Crippen LogP contribution < -0.4 is 0 Å². The van der Waals surface area contributed by atoms with Crippen molar-refractivity contribution in [1.29, 1.82) is 0 Å². The molecule has 0 amide bonds. The molecule has 0 N–H and O–H groups in total. The first-order valence-electron chi connectivity index (χ1n) is 5.53. The summed E-state index contributed by atoms with van der Waals surface area (Å²) in [5.74, 6) is 0.363. The van der Waals surface area contributed by atoms with Crippen LogP contribution >= 0.6 is 0 Å². The molecule has 1 aliphatic heterocycles. The predicted octanol–water partition coefficient (Wildman–Crippen LogP) is 2.19. The number of hydrogen-bond acceptors (Lipinski definition) is 3. The third kappa shape index (κ3) is 2.07. The minimum atomic E-state index is -0.318. The molecule has 0 unspecified atom stereocenters. The summed E-state index contributed by atoms with van der Waals surface area (Å²) in [5, 5.41) is 10.7. The molecule has 1 aliphatic rings. The molecule has 1 heterocycles. The highest BCUT2D eigenvalue weighted by Gasteiger charge is 2.20. The maximum absolute atomic E-state index is 10.7. The fourth-order valence-electron chi connectivity index (χ4n) is 2.35. The second-order valence-electron chi connectivity index (χ2n) is 4.55. The van der Waals surface area contributed by atoms with Crippen LogP contribution in [0, 0.1) is 10.1 Å². The molecule has 2 rings (SSSR count). The molecule has 1 aromatic carbocycles. The predicted molar refractivity (Wildman–Crippen MR) is 62.7 cm³/mol. The Balaban J connectivity index is 2.41. The average molecular weight is 220 g/mol. The third-order valence-electron chi connectivity index (χ3n) is 3.22. The Morgan fingerprint density at radius 3 is 2.94 bits per heavy atom. The van der Waals surface area contributed by atoms with E-state index in [0.29, 0.717) is 5.92 Å². The second kappa shape index (κ2) is 4.22. The first-order chi connectivity index (χ1) is 7.58. The molecular weight excluding hydrogens is 204 g/mol. The molecule has 4 nitrogen and oxygen atoms in total. The lowest BCUT2D eigenvalue weighted by atomic mass is 9.95. The summed E-state index contributed by atoms with van der Waals surface area (Å²) in [4.78, 5) is 12.7. The number of likely N-dealkylation sites (N-methyl/N-ethyl adjacent to an activating group) is 1. The van der Waals surface area contributed by atoms with Gasteiger partial charge in [0.1, 0.15) is 0 Å². The summed E-state index contributed by atoms with van der Waals surface area (Å²) in [6.07, 6.45) is 0.980. The molecule has 1 aromatic rings. The van der Waals surface area contributed by atoms with Crippen LogP contribution in [0.2, 0.25) is 0 Å². The first-order valence-corrected chi connectivity index (χ1v) is 5.53. The van der Waals surface area contributed by atoms with Crippen LogP contribution in [0.25, 0.3) is 0 Å². The number of rotatable bonds is 1. The Labute approximate surface area is 95.0 Å². The lowest BCUT2D eigenvalue weighted by Crippen LogP contribution is -2.22. The number of benzene rings is 1. The molecule has 0 radical (unpaired) electrons. The topological polar surface area (TPSA) is 46.4 Å². The zero-order chi connectivity index (χ0) is 11.7. The van der Waals surface area contributed by atoms with Crippen molar-refractivity contribution in [2.75, 3.05) is 20.1 Å². The quantitative estimate of drug-likeness (QED) is 0.538. The minimum Gasteiger partial charge on any atom is -0.305 e. The molecule has 1 atom stereocenters. The van der Waals surface area contributed by atoms with Crippen molar-refractivity contribution in [3.8, 4) is 0 Å². The number of nitro benzene ring substituents is 1. The number of hydrogen-bond donors (Lipinski definition) is 0. The Morgan fingerprint density at radius 1 is 1.50 bits per heavy atom. The molecule has 0 spiro atoms. The van der Waals surface area contributed by atoms with E-state index in [1.54, 1.807) is 12.1 Å². The number of fused-ring (bicyclic) bond motifs is 1. The second-order valence-corrected chi connectivity index (χ2v) is 4.55. The number of non-ortho nitro benzene ring substituents is 1. The van der Waals surface area contributed by atoms with Crippen molar-refractivity contribution in [1.82, 2.24) is 4.90 Å². The molecule has 0 saturated heterocycles. The van der Waals surface area contributed by atoms with Crippen molar-refractivity contribution in [2.24, 2.45) is 0 Å². The molecule has 0 fully saturated rings. The van der Waals surface area contributed by atoms with Gasteiger partial charge in [0.25, 0.3) is 5.69 Å². The van der Waals surface area contributed by atoms with Gasteiger partial charge in [-0.1, -0.05) is 13.0 Å². The van der Waals surface area contributed by atoms with Crippen LogP contribution in [-0.2, 0) is 6.42 Å². The average Bonchev–Trinajstić information content (AvgIpc) is 2.38. The van der Waals surface area contributed by atoms with Gasteiger partial charge in [-0.15, -0.1) is 0 Å². The smallest absolute Gasteiger partial charge is 0.269 e. The Hall–Kier alpha value is -1.42. The van der Waals surface area contributed by atoms with Gasteiger partial charge < -0.3 is 4.90 Å². The van der Waals surface area contributed by atoms with E-state index in [9.17, 15) is 10.1 Å². The molecule has 0 saturated carbocycles. The largest absolute Gasteiger partial charge is 0.305 e. The lowest BCUT2D eigenvalue weighted by Gasteiger charge is -2.16. The van der Waals surface area contributed by atoms with E-state index >= 15 is 0 Å². The van der Waals surface area contributed by atoms with E-state index in [-0.39, 0.29) is 10.6 Å². The summed E-state index contributed by atoms with van der Waals surface area (Å²) in [6.45, 7) is 4.12. The molecule has 0 aromatic heterocycles. The van der Waals surface area contributed by atoms with Crippen LogP contribution in [0.1, 0.15) is 24.0 Å². The Kier molecular flexibility index (Phi) is 2.92. The summed E-state index contributed by atoms with van der Waals surface area (Å²) in [5.41, 5.74) is 2.59. The van der Waals surface area contributed by atoms with Crippen molar-refractivity contribution >= 4 is 5.69 Å². The van der Waals surface area contributed by atoms with Gasteiger partial charge in [0.2, 0.25) is 0 Å². The summed E-state index contributed by atoms with van der Waals surface area (Å²) < 4.78 is 0. The summed E-state index contributed by atoms with van der Waals surface area (Å²) >= 11 is 0. The van der Waals surface area contributed by atoms with E-state index in [1.807, 2.05) is 6.07 Å². The van der Waals surface area contributed by atoms with Gasteiger partial charge in [-0.3, -0.25) is 10.1 Å². The SMILES string of the molecule is C[C@@H]1CN(C)CCc2ccc([N+](=O)[O-])cc21. The van der Waals surface area contributed by atoms with Gasteiger partial charge in [0.05, 0.1) is 4.92 Å². The molecule has 0 bridgehead atoms. The molecule has 16 heavy (non-hydrogen) atoms. The number of nitro groups is 1. The molecular formula is C12H16N2O2. The van der Waals surface area contributed by atoms with Crippen LogP contribution in [0.3, 0.4) is 0 Å². The van der Waals surface area contributed by atoms with Crippen LogP contribution in [0.15, 0.2) is 18.2 Å². The Morgan fingerprint density at radius 2 is 2.25 bits per heavy atom. The van der Waals surface area contributed by atoms with E-state index < -0.39 is 0 Å². The van der Waals surface area contributed by atoms with Gasteiger partial charge >= 0.3 is 0 Å². The molecule has 86 valence electrons. The van der Waals surface area contributed by atoms with Crippen molar-refractivity contribution in [3.05, 3.63) is 39.4 Å². The maximum Gasteiger partial charge on any atom is 0.269 e. The number of nitrogens with zero attached hydrogens (tertiary/aromatic N) is 2. The normalized spacial score (nSPS) is 21.2. The van der Waals surface area contributed by atoms with Gasteiger partial charge in [-0.25, -0.2) is 0 Å². The fraction of sp³-hybridized carbons (Fsp3) is 0.500. The van der Waals surface area contributed by atoms with Gasteiger partial charge in [0, 0.05) is 25.2 Å². The lowest BCUT2D eigenvalue weighted by molar-refractivity contribution is -0.384.